The predicted molar refractivity (Wildman–Crippen MR) is 110 cm³/mol. The average Bonchev–Trinajstić information content (AvgIpc) is 2.72. The van der Waals surface area contributed by atoms with Gasteiger partial charge in [0.05, 0.1) is 26.7 Å². The highest BCUT2D eigenvalue weighted by Crippen LogP contribution is 2.31. The Morgan fingerprint density at radius 2 is 1.71 bits per heavy atom. The molecule has 0 bridgehead atoms. The third-order valence-electron chi connectivity index (χ3n) is 4.74. The molecule has 0 aliphatic carbocycles. The molecule has 0 aromatic heterocycles. The maximum absolute atomic E-state index is 11.8. The summed E-state index contributed by atoms with van der Waals surface area (Å²) in [4.78, 5) is 11.8. The maximum Gasteiger partial charge on any atom is 0.311 e. The van der Waals surface area contributed by atoms with E-state index in [9.17, 15) is 9.90 Å². The zero-order chi connectivity index (χ0) is 20.4. The maximum atomic E-state index is 11.8. The van der Waals surface area contributed by atoms with Crippen LogP contribution in [0, 0.1) is 0 Å². The van der Waals surface area contributed by atoms with Crippen LogP contribution in [0.4, 0.5) is 0 Å². The van der Waals surface area contributed by atoms with E-state index in [0.29, 0.717) is 30.3 Å². The van der Waals surface area contributed by atoms with Crippen LogP contribution >= 0.6 is 0 Å². The van der Waals surface area contributed by atoms with Crippen molar-refractivity contribution < 1.29 is 24.1 Å². The summed E-state index contributed by atoms with van der Waals surface area (Å²) in [5, 5.41) is 9.70. The molecule has 2 aromatic rings. The molecule has 0 spiro atoms. The minimum Gasteiger partial charge on any atom is -0.497 e. The molecule has 2 rings (SSSR count). The Bertz CT molecular complexity index is 739. The highest BCUT2D eigenvalue weighted by atomic mass is 16.5. The largest absolute Gasteiger partial charge is 0.497 e. The quantitative estimate of drug-likeness (QED) is 0.516. The second kappa shape index (κ2) is 11.2. The van der Waals surface area contributed by atoms with Gasteiger partial charge in [-0.15, -0.1) is 0 Å². The number of unbranched alkanes of at least 4 members (excludes halogenated alkanes) is 3. The molecule has 5 heteroatoms. The van der Waals surface area contributed by atoms with Crippen molar-refractivity contribution in [2.75, 3.05) is 20.8 Å². The summed E-state index contributed by atoms with van der Waals surface area (Å²) < 4.78 is 16.4. The Kier molecular flexibility index (Phi) is 8.66. The lowest BCUT2D eigenvalue weighted by atomic mass is 9.92. The van der Waals surface area contributed by atoms with Gasteiger partial charge in [-0.3, -0.25) is 4.79 Å². The average molecular weight is 386 g/mol. The Balaban J connectivity index is 2.08. The lowest BCUT2D eigenvalue weighted by Crippen LogP contribution is -2.14. The fourth-order valence-electron chi connectivity index (χ4n) is 3.09. The van der Waals surface area contributed by atoms with Gasteiger partial charge in [-0.1, -0.05) is 44.4 Å². The van der Waals surface area contributed by atoms with Crippen LogP contribution < -0.4 is 14.2 Å². The molecule has 1 N–H and O–H groups in total. The van der Waals surface area contributed by atoms with Gasteiger partial charge in [0.1, 0.15) is 5.75 Å². The number of hydrogen-bond acceptors (Lipinski definition) is 4. The molecule has 1 atom stereocenters. The summed E-state index contributed by atoms with van der Waals surface area (Å²) in [5.74, 6) is 0.526. The van der Waals surface area contributed by atoms with Crippen molar-refractivity contribution in [3.05, 3.63) is 53.6 Å². The second-order valence-electron chi connectivity index (χ2n) is 6.76. The fraction of sp³-hybridized carbons (Fsp3) is 0.435. The first-order chi connectivity index (χ1) is 13.6. The second-order valence-corrected chi connectivity index (χ2v) is 6.76. The molecule has 0 heterocycles. The van der Waals surface area contributed by atoms with Gasteiger partial charge < -0.3 is 19.3 Å². The SMILES string of the molecule is CCCCCCOc1ccc(CC(C(=O)O)c2ccc(OC)cc2)cc1OC. The van der Waals surface area contributed by atoms with E-state index in [1.54, 1.807) is 38.5 Å². The standard InChI is InChI=1S/C23H30O5/c1-4-5-6-7-14-28-21-13-8-17(16-22(21)27-3)15-20(23(24)25)18-9-11-19(26-2)12-10-18/h8-13,16,20H,4-7,14-15H2,1-3H3,(H,24,25). The van der Waals surface area contributed by atoms with Gasteiger partial charge in [0, 0.05) is 0 Å². The molecule has 0 amide bonds. The van der Waals surface area contributed by atoms with E-state index in [1.807, 2.05) is 18.2 Å². The molecule has 0 radical (unpaired) electrons. The highest BCUT2D eigenvalue weighted by molar-refractivity contribution is 5.76. The van der Waals surface area contributed by atoms with Gasteiger partial charge >= 0.3 is 5.97 Å². The van der Waals surface area contributed by atoms with Crippen molar-refractivity contribution in [1.29, 1.82) is 0 Å². The number of rotatable bonds is 12. The van der Waals surface area contributed by atoms with Crippen molar-refractivity contribution in [1.82, 2.24) is 0 Å². The zero-order valence-corrected chi connectivity index (χ0v) is 16.9. The van der Waals surface area contributed by atoms with Gasteiger partial charge in [-0.25, -0.2) is 0 Å². The third kappa shape index (κ3) is 6.19. The molecule has 0 fully saturated rings. The summed E-state index contributed by atoms with van der Waals surface area (Å²) >= 11 is 0. The first kappa shape index (κ1) is 21.6. The summed E-state index contributed by atoms with van der Waals surface area (Å²) in [6.45, 7) is 2.83. The number of aliphatic carboxylic acids is 1. The zero-order valence-electron chi connectivity index (χ0n) is 16.9. The summed E-state index contributed by atoms with van der Waals surface area (Å²) in [6, 6.07) is 12.8. The van der Waals surface area contributed by atoms with Gasteiger partial charge in [0.2, 0.25) is 0 Å². The normalized spacial score (nSPS) is 11.7. The number of methoxy groups -OCH3 is 2. The van der Waals surface area contributed by atoms with Gasteiger partial charge in [-0.2, -0.15) is 0 Å². The van der Waals surface area contributed by atoms with Crippen LogP contribution in [0.3, 0.4) is 0 Å². The van der Waals surface area contributed by atoms with E-state index >= 15 is 0 Å². The van der Waals surface area contributed by atoms with E-state index in [2.05, 4.69) is 6.92 Å². The van der Waals surface area contributed by atoms with E-state index in [4.69, 9.17) is 14.2 Å². The van der Waals surface area contributed by atoms with Crippen LogP contribution in [0.2, 0.25) is 0 Å². The lowest BCUT2D eigenvalue weighted by molar-refractivity contribution is -0.138. The Hall–Kier alpha value is -2.69. The third-order valence-corrected chi connectivity index (χ3v) is 4.74. The molecule has 28 heavy (non-hydrogen) atoms. The molecule has 0 saturated carbocycles. The molecule has 0 saturated heterocycles. The number of hydrogen-bond donors (Lipinski definition) is 1. The lowest BCUT2D eigenvalue weighted by Gasteiger charge is -2.16. The topological polar surface area (TPSA) is 65.0 Å². The molecular weight excluding hydrogens is 356 g/mol. The van der Waals surface area contributed by atoms with Gasteiger partial charge in [0.25, 0.3) is 0 Å². The van der Waals surface area contributed by atoms with Crippen molar-refractivity contribution in [2.24, 2.45) is 0 Å². The molecule has 0 aliphatic heterocycles. The molecule has 0 aliphatic rings. The van der Waals surface area contributed by atoms with Crippen molar-refractivity contribution in [3.8, 4) is 17.2 Å². The predicted octanol–water partition coefficient (Wildman–Crippen LogP) is 5.07. The summed E-state index contributed by atoms with van der Waals surface area (Å²) in [6.07, 6.45) is 4.93. The van der Waals surface area contributed by atoms with Crippen LogP contribution in [-0.2, 0) is 11.2 Å². The van der Waals surface area contributed by atoms with E-state index in [1.165, 1.54) is 12.8 Å². The minimum atomic E-state index is -0.861. The van der Waals surface area contributed by atoms with E-state index in [0.717, 1.165) is 24.0 Å². The number of benzene rings is 2. The smallest absolute Gasteiger partial charge is 0.311 e. The van der Waals surface area contributed by atoms with Gasteiger partial charge in [-0.05, 0) is 48.2 Å². The molecule has 2 aromatic carbocycles. The number of carboxylic acid groups (broad SMARTS) is 1. The first-order valence-electron chi connectivity index (χ1n) is 9.75. The van der Waals surface area contributed by atoms with Crippen LogP contribution in [0.5, 0.6) is 17.2 Å². The van der Waals surface area contributed by atoms with Crippen molar-refractivity contribution in [2.45, 2.75) is 44.9 Å². The Morgan fingerprint density at radius 3 is 2.32 bits per heavy atom. The van der Waals surface area contributed by atoms with Crippen LogP contribution in [-0.4, -0.2) is 31.9 Å². The Labute approximate surface area is 167 Å². The molecule has 152 valence electrons. The molecule has 1 unspecified atom stereocenters. The van der Waals surface area contributed by atoms with Crippen LogP contribution in [0.25, 0.3) is 0 Å². The number of carbonyl (C=O) groups is 1. The summed E-state index contributed by atoms with van der Waals surface area (Å²) in [5.41, 5.74) is 1.63. The van der Waals surface area contributed by atoms with Crippen molar-refractivity contribution in [3.63, 3.8) is 0 Å². The minimum absolute atomic E-state index is 0.370. The number of ether oxygens (including phenoxy) is 3. The number of carboxylic acids is 1. The van der Waals surface area contributed by atoms with Crippen LogP contribution in [0.1, 0.15) is 49.7 Å². The monoisotopic (exact) mass is 386 g/mol. The summed E-state index contributed by atoms with van der Waals surface area (Å²) in [7, 11) is 3.19. The van der Waals surface area contributed by atoms with Gasteiger partial charge in [0.15, 0.2) is 11.5 Å². The van der Waals surface area contributed by atoms with Crippen molar-refractivity contribution >= 4 is 5.97 Å². The van der Waals surface area contributed by atoms with E-state index < -0.39 is 11.9 Å². The Morgan fingerprint density at radius 1 is 0.964 bits per heavy atom. The first-order valence-corrected chi connectivity index (χ1v) is 9.75. The van der Waals surface area contributed by atoms with E-state index in [-0.39, 0.29) is 0 Å². The fourth-order valence-corrected chi connectivity index (χ4v) is 3.09. The van der Waals surface area contributed by atoms with Crippen LogP contribution in [0.15, 0.2) is 42.5 Å². The highest BCUT2D eigenvalue weighted by Gasteiger charge is 2.21. The molecular formula is C23H30O5. The molecule has 5 nitrogen and oxygen atoms in total.